The molecule has 2 heterocycles. The topological polar surface area (TPSA) is 53.6 Å². The number of ether oxygens (including phenoxy) is 1. The van der Waals surface area contributed by atoms with Crippen molar-refractivity contribution >= 4 is 6.03 Å². The van der Waals surface area contributed by atoms with Crippen molar-refractivity contribution in [2.45, 2.75) is 57.5 Å². The monoisotopic (exact) mass is 359 g/mol. The van der Waals surface area contributed by atoms with Crippen LogP contribution in [0.25, 0.3) is 0 Å². The van der Waals surface area contributed by atoms with E-state index in [1.165, 1.54) is 5.56 Å². The maximum absolute atomic E-state index is 12.1. The smallest absolute Gasteiger partial charge is 0.317 e. The number of benzene rings is 1. The Morgan fingerprint density at radius 2 is 2.00 bits per heavy atom. The van der Waals surface area contributed by atoms with Gasteiger partial charge < -0.3 is 20.3 Å². The summed E-state index contributed by atoms with van der Waals surface area (Å²) in [5.41, 5.74) is 1.33. The van der Waals surface area contributed by atoms with Crippen molar-refractivity contribution in [2.24, 2.45) is 0 Å². The minimum atomic E-state index is -0.00522. The molecule has 2 amide bonds. The SMILES string of the molecule is CCN(CC)C(=O)NCCCC1CC2(CCNCC2)Oc2ccccc21. The lowest BCUT2D eigenvalue weighted by molar-refractivity contribution is 0.00609. The van der Waals surface area contributed by atoms with Gasteiger partial charge in [0.05, 0.1) is 0 Å². The van der Waals surface area contributed by atoms with Gasteiger partial charge in [0, 0.05) is 19.6 Å². The fraction of sp³-hybridized carbons (Fsp3) is 0.667. The van der Waals surface area contributed by atoms with Gasteiger partial charge in [0.1, 0.15) is 11.4 Å². The summed E-state index contributed by atoms with van der Waals surface area (Å²) >= 11 is 0. The molecule has 0 aliphatic carbocycles. The molecule has 2 aliphatic heterocycles. The van der Waals surface area contributed by atoms with Crippen molar-refractivity contribution in [1.29, 1.82) is 0 Å². The maximum atomic E-state index is 12.1. The zero-order valence-corrected chi connectivity index (χ0v) is 16.2. The van der Waals surface area contributed by atoms with Gasteiger partial charge >= 0.3 is 6.03 Å². The number of carbonyl (C=O) groups excluding carboxylic acids is 1. The van der Waals surface area contributed by atoms with Gasteiger partial charge in [-0.25, -0.2) is 4.79 Å². The number of hydrogen-bond acceptors (Lipinski definition) is 3. The summed E-state index contributed by atoms with van der Waals surface area (Å²) in [7, 11) is 0. The Kier molecular flexibility index (Phi) is 6.41. The first-order valence-electron chi connectivity index (χ1n) is 10.2. The molecular formula is C21H33N3O2. The first-order valence-corrected chi connectivity index (χ1v) is 10.2. The van der Waals surface area contributed by atoms with Crippen LogP contribution < -0.4 is 15.4 Å². The molecule has 1 aromatic rings. The molecule has 1 atom stereocenters. The molecule has 2 aliphatic rings. The molecule has 1 unspecified atom stereocenters. The largest absolute Gasteiger partial charge is 0.487 e. The molecule has 2 N–H and O–H groups in total. The minimum Gasteiger partial charge on any atom is -0.487 e. The highest BCUT2D eigenvalue weighted by atomic mass is 16.5. The summed E-state index contributed by atoms with van der Waals surface area (Å²) in [6, 6.07) is 8.56. The third-order valence-corrected chi connectivity index (χ3v) is 5.87. The van der Waals surface area contributed by atoms with Crippen LogP contribution in [0.4, 0.5) is 4.79 Å². The van der Waals surface area contributed by atoms with Crippen LogP contribution in [0, 0.1) is 0 Å². The number of rotatable bonds is 6. The van der Waals surface area contributed by atoms with Gasteiger partial charge in [-0.05, 0) is 76.6 Å². The molecular weight excluding hydrogens is 326 g/mol. The third-order valence-electron chi connectivity index (χ3n) is 5.87. The zero-order chi connectivity index (χ0) is 18.4. The Bertz CT molecular complexity index is 595. The van der Waals surface area contributed by atoms with Gasteiger partial charge in [-0.3, -0.25) is 0 Å². The highest BCUT2D eigenvalue weighted by Crippen LogP contribution is 2.46. The van der Waals surface area contributed by atoms with Crippen LogP contribution in [0.5, 0.6) is 5.75 Å². The Labute approximate surface area is 157 Å². The second-order valence-electron chi connectivity index (χ2n) is 7.52. The summed E-state index contributed by atoms with van der Waals surface area (Å²) in [6.07, 6.45) is 5.34. The van der Waals surface area contributed by atoms with E-state index in [-0.39, 0.29) is 11.6 Å². The molecule has 144 valence electrons. The summed E-state index contributed by atoms with van der Waals surface area (Å²) < 4.78 is 6.48. The normalized spacial score (nSPS) is 20.9. The second-order valence-corrected chi connectivity index (χ2v) is 7.52. The van der Waals surface area contributed by atoms with Gasteiger partial charge in [0.15, 0.2) is 0 Å². The van der Waals surface area contributed by atoms with Gasteiger partial charge in [0.25, 0.3) is 0 Å². The molecule has 1 fully saturated rings. The average molecular weight is 360 g/mol. The number of carbonyl (C=O) groups is 1. The molecule has 26 heavy (non-hydrogen) atoms. The van der Waals surface area contributed by atoms with Crippen LogP contribution in [-0.4, -0.2) is 49.3 Å². The van der Waals surface area contributed by atoms with E-state index in [1.807, 2.05) is 18.7 Å². The summed E-state index contributed by atoms with van der Waals surface area (Å²) in [6.45, 7) is 8.35. The molecule has 0 bridgehead atoms. The molecule has 1 spiro atoms. The number of fused-ring (bicyclic) bond motifs is 1. The number of nitrogens with zero attached hydrogens (tertiary/aromatic N) is 1. The van der Waals surface area contributed by atoms with E-state index in [4.69, 9.17) is 4.74 Å². The number of urea groups is 1. The first kappa shape index (κ1) is 19.0. The number of piperidine rings is 1. The molecule has 0 radical (unpaired) electrons. The molecule has 1 saturated heterocycles. The first-order chi connectivity index (χ1) is 12.7. The number of para-hydroxylation sites is 1. The molecule has 0 aromatic heterocycles. The van der Waals surface area contributed by atoms with Crippen molar-refractivity contribution in [2.75, 3.05) is 32.7 Å². The average Bonchev–Trinajstić information content (AvgIpc) is 2.66. The highest BCUT2D eigenvalue weighted by Gasteiger charge is 2.41. The van der Waals surface area contributed by atoms with Crippen molar-refractivity contribution in [1.82, 2.24) is 15.5 Å². The summed E-state index contributed by atoms with van der Waals surface area (Å²) in [5, 5.41) is 6.51. The van der Waals surface area contributed by atoms with Crippen molar-refractivity contribution in [3.8, 4) is 5.75 Å². The Morgan fingerprint density at radius 1 is 1.27 bits per heavy atom. The van der Waals surface area contributed by atoms with Crippen molar-refractivity contribution < 1.29 is 9.53 Å². The standard InChI is InChI=1S/C21H33N3O2/c1-3-24(4-2)20(25)23-13-7-8-17-16-21(11-14-22-15-12-21)26-19-10-6-5-9-18(17)19/h5-6,9-10,17,22H,3-4,7-8,11-16H2,1-2H3,(H,23,25). The van der Waals surface area contributed by atoms with Gasteiger partial charge in [-0.2, -0.15) is 0 Å². The molecule has 5 nitrogen and oxygen atoms in total. The molecule has 0 saturated carbocycles. The predicted octanol–water partition coefficient (Wildman–Crippen LogP) is 3.51. The Morgan fingerprint density at radius 3 is 2.73 bits per heavy atom. The highest BCUT2D eigenvalue weighted by molar-refractivity contribution is 5.73. The lowest BCUT2D eigenvalue weighted by Crippen LogP contribution is -2.49. The number of nitrogens with one attached hydrogen (secondary N) is 2. The molecule has 3 rings (SSSR count). The van der Waals surface area contributed by atoms with Crippen LogP contribution in [-0.2, 0) is 0 Å². The fourth-order valence-corrected chi connectivity index (χ4v) is 4.36. The van der Waals surface area contributed by atoms with Crippen LogP contribution in [0.2, 0.25) is 0 Å². The van der Waals surface area contributed by atoms with Gasteiger partial charge in [0.2, 0.25) is 0 Å². The molecule has 1 aromatic carbocycles. The predicted molar refractivity (Wildman–Crippen MR) is 105 cm³/mol. The van der Waals surface area contributed by atoms with Crippen molar-refractivity contribution in [3.05, 3.63) is 29.8 Å². The van der Waals surface area contributed by atoms with E-state index in [0.29, 0.717) is 5.92 Å². The van der Waals surface area contributed by atoms with E-state index in [1.54, 1.807) is 0 Å². The second kappa shape index (κ2) is 8.76. The fourth-order valence-electron chi connectivity index (χ4n) is 4.36. The Hall–Kier alpha value is -1.75. The Balaban J connectivity index is 1.58. The number of amides is 2. The van der Waals surface area contributed by atoms with E-state index in [2.05, 4.69) is 34.9 Å². The van der Waals surface area contributed by atoms with E-state index in [9.17, 15) is 4.79 Å². The number of hydrogen-bond donors (Lipinski definition) is 2. The molecule has 5 heteroatoms. The van der Waals surface area contributed by atoms with Crippen LogP contribution in [0.3, 0.4) is 0 Å². The van der Waals surface area contributed by atoms with Crippen LogP contribution >= 0.6 is 0 Å². The maximum Gasteiger partial charge on any atom is 0.317 e. The van der Waals surface area contributed by atoms with E-state index < -0.39 is 0 Å². The minimum absolute atomic E-state index is 0.00522. The summed E-state index contributed by atoms with van der Waals surface area (Å²) in [4.78, 5) is 13.9. The lowest BCUT2D eigenvalue weighted by atomic mass is 9.76. The third kappa shape index (κ3) is 4.32. The van der Waals surface area contributed by atoms with Crippen LogP contribution in [0.15, 0.2) is 24.3 Å². The van der Waals surface area contributed by atoms with Gasteiger partial charge in [-0.15, -0.1) is 0 Å². The quantitative estimate of drug-likeness (QED) is 0.764. The zero-order valence-electron chi connectivity index (χ0n) is 16.2. The lowest BCUT2D eigenvalue weighted by Gasteiger charge is -2.45. The van der Waals surface area contributed by atoms with Gasteiger partial charge in [-0.1, -0.05) is 18.2 Å². The van der Waals surface area contributed by atoms with Crippen LogP contribution in [0.1, 0.15) is 57.4 Å². The van der Waals surface area contributed by atoms with Crippen molar-refractivity contribution in [3.63, 3.8) is 0 Å². The van der Waals surface area contributed by atoms with E-state index >= 15 is 0 Å². The van der Waals surface area contributed by atoms with E-state index in [0.717, 1.165) is 70.6 Å². The summed E-state index contributed by atoms with van der Waals surface area (Å²) in [5.74, 6) is 1.58.